The first-order valence-corrected chi connectivity index (χ1v) is 7.44. The van der Waals surface area contributed by atoms with Gasteiger partial charge in [-0.3, -0.25) is 0 Å². The Kier molecular flexibility index (Phi) is 4.04. The Bertz CT molecular complexity index is 1180. The van der Waals surface area contributed by atoms with E-state index in [-0.39, 0.29) is 27.9 Å². The van der Waals surface area contributed by atoms with E-state index in [2.05, 4.69) is 6.07 Å². The van der Waals surface area contributed by atoms with Crippen molar-refractivity contribution in [3.05, 3.63) is 75.9 Å². The van der Waals surface area contributed by atoms with Crippen LogP contribution >= 0.6 is 0 Å². The number of hydrogen-bond donors (Lipinski definition) is 0. The van der Waals surface area contributed by atoms with Crippen LogP contribution in [0, 0.1) is 56.7 Å². The van der Waals surface area contributed by atoms with E-state index in [1.54, 1.807) is 36.4 Å². The van der Waals surface area contributed by atoms with Gasteiger partial charge in [0.05, 0.1) is 5.57 Å². The lowest BCUT2D eigenvalue weighted by Crippen LogP contribution is -1.85. The molecule has 0 atom stereocenters. The lowest BCUT2D eigenvalue weighted by molar-refractivity contribution is 1.45. The van der Waals surface area contributed by atoms with Gasteiger partial charge in [-0.15, -0.1) is 0 Å². The maximum absolute atomic E-state index is 9.75. The van der Waals surface area contributed by atoms with Crippen LogP contribution in [0.1, 0.15) is 5.56 Å². The van der Waals surface area contributed by atoms with Crippen molar-refractivity contribution in [1.82, 2.24) is 0 Å². The van der Waals surface area contributed by atoms with Crippen LogP contribution < -0.4 is 0 Å². The fraction of sp³-hybridized carbons (Fsp3) is 0. The number of rotatable bonds is 1. The second-order valence-electron chi connectivity index (χ2n) is 5.34. The van der Waals surface area contributed by atoms with Crippen LogP contribution in [-0.2, 0) is 0 Å². The molecule has 26 heavy (non-hydrogen) atoms. The van der Waals surface area contributed by atoms with Crippen LogP contribution in [0.15, 0.2) is 70.3 Å². The largest absolute Gasteiger partial charge is 0.192 e. The minimum Gasteiger partial charge on any atom is -0.192 e. The highest BCUT2D eigenvalue weighted by Gasteiger charge is 2.41. The van der Waals surface area contributed by atoms with Crippen molar-refractivity contribution in [3.8, 4) is 30.3 Å². The summed E-state index contributed by atoms with van der Waals surface area (Å²) >= 11 is 0. The smallest absolute Gasteiger partial charge is 0.138 e. The van der Waals surface area contributed by atoms with Gasteiger partial charge in [0, 0.05) is 22.3 Å². The molecule has 1 aliphatic rings. The van der Waals surface area contributed by atoms with Crippen LogP contribution in [0.4, 0.5) is 0 Å². The lowest BCUT2D eigenvalue weighted by atomic mass is 9.98. The van der Waals surface area contributed by atoms with E-state index in [4.69, 9.17) is 0 Å². The van der Waals surface area contributed by atoms with Crippen LogP contribution in [0.25, 0.3) is 16.3 Å². The van der Waals surface area contributed by atoms with Gasteiger partial charge >= 0.3 is 0 Å². The Balaban J connectivity index is 2.44. The van der Waals surface area contributed by atoms with Crippen LogP contribution in [-0.4, -0.2) is 0 Å². The van der Waals surface area contributed by atoms with Crippen LogP contribution in [0.2, 0.25) is 0 Å². The molecular weight excluding hydrogens is 322 g/mol. The minimum atomic E-state index is -0.217. The summed E-state index contributed by atoms with van der Waals surface area (Å²) in [6.07, 6.45) is 0. The number of hydrogen-bond acceptors (Lipinski definition) is 5. The van der Waals surface area contributed by atoms with E-state index < -0.39 is 0 Å². The number of nitrogens with zero attached hydrogens (tertiary/aromatic N) is 5. The van der Waals surface area contributed by atoms with Crippen LogP contribution in [0.3, 0.4) is 0 Å². The normalized spacial score (nSPS) is 11.4. The second-order valence-corrected chi connectivity index (χ2v) is 5.34. The van der Waals surface area contributed by atoms with E-state index in [1.165, 1.54) is 0 Å². The summed E-state index contributed by atoms with van der Waals surface area (Å²) in [7, 11) is 0. The lowest BCUT2D eigenvalue weighted by Gasteiger charge is -2.04. The van der Waals surface area contributed by atoms with E-state index in [0.717, 1.165) is 10.8 Å². The molecule has 5 nitrogen and oxygen atoms in total. The summed E-state index contributed by atoms with van der Waals surface area (Å²) in [5, 5.41) is 48.2. The van der Waals surface area contributed by atoms with Crippen molar-refractivity contribution in [3.63, 3.8) is 0 Å². The first kappa shape index (κ1) is 16.2. The van der Waals surface area contributed by atoms with Gasteiger partial charge in [0.15, 0.2) is 0 Å². The summed E-state index contributed by atoms with van der Waals surface area (Å²) in [6.45, 7) is 0. The van der Waals surface area contributed by atoms with Gasteiger partial charge in [0.25, 0.3) is 0 Å². The van der Waals surface area contributed by atoms with Gasteiger partial charge in [-0.1, -0.05) is 42.5 Å². The maximum Gasteiger partial charge on any atom is 0.138 e. The van der Waals surface area contributed by atoms with E-state index >= 15 is 0 Å². The predicted octanol–water partition coefficient (Wildman–Crippen LogP) is 3.82. The summed E-state index contributed by atoms with van der Waals surface area (Å²) in [6, 6.07) is 22.1. The van der Waals surface area contributed by atoms with E-state index in [0.29, 0.717) is 11.1 Å². The molecule has 5 heteroatoms. The zero-order valence-electron chi connectivity index (χ0n) is 13.3. The van der Waals surface area contributed by atoms with Gasteiger partial charge in [0.1, 0.15) is 41.5 Å². The van der Waals surface area contributed by atoms with Crippen molar-refractivity contribution < 1.29 is 0 Å². The first-order chi connectivity index (χ1) is 12.7. The second kappa shape index (κ2) is 6.47. The van der Waals surface area contributed by atoms with Crippen molar-refractivity contribution in [2.24, 2.45) is 0 Å². The third-order valence-electron chi connectivity index (χ3n) is 4.06. The molecule has 2 aromatic rings. The van der Waals surface area contributed by atoms with Crippen molar-refractivity contribution >= 4 is 16.3 Å². The highest BCUT2D eigenvalue weighted by Crippen LogP contribution is 2.52. The SMILES string of the molecule is N#CC(C#N)=C1C(=C(C#N)C#N)C1=C(C#N)c1cccc2ccccc12. The zero-order valence-corrected chi connectivity index (χ0v) is 13.3. The van der Waals surface area contributed by atoms with Gasteiger partial charge in [0.2, 0.25) is 0 Å². The molecule has 1 saturated carbocycles. The average molecular weight is 329 g/mol. The molecule has 1 fully saturated rings. The average Bonchev–Trinajstić information content (AvgIpc) is 3.39. The summed E-state index contributed by atoms with van der Waals surface area (Å²) in [5.41, 5.74) is 1.16. The summed E-state index contributed by atoms with van der Waals surface area (Å²) in [5.74, 6) is 0. The molecule has 0 saturated heterocycles. The van der Waals surface area contributed by atoms with Crippen molar-refractivity contribution in [2.45, 2.75) is 0 Å². The first-order valence-electron chi connectivity index (χ1n) is 7.44. The molecule has 0 amide bonds. The topological polar surface area (TPSA) is 119 Å². The van der Waals surface area contributed by atoms with E-state index in [1.807, 2.05) is 30.3 Å². The Morgan fingerprint density at radius 2 is 1.12 bits per heavy atom. The number of nitriles is 5. The molecule has 0 radical (unpaired) electrons. The molecule has 0 bridgehead atoms. The Labute approximate surface area is 149 Å². The standard InChI is InChI=1S/C21H7N5/c22-8-14(9-23)19-20(15(10-24)11-25)21(19)18(12-26)17-7-3-5-13-4-1-2-6-16(13)17/h1-7H. The quantitative estimate of drug-likeness (QED) is 0.737. The zero-order chi connectivity index (χ0) is 18.7. The monoisotopic (exact) mass is 329 g/mol. The Hall–Kier alpha value is -4.63. The fourth-order valence-electron chi connectivity index (χ4n) is 2.91. The summed E-state index contributed by atoms with van der Waals surface area (Å²) in [4.78, 5) is 0. The van der Waals surface area contributed by atoms with Crippen LogP contribution in [0.5, 0.6) is 0 Å². The Morgan fingerprint density at radius 1 is 0.577 bits per heavy atom. The predicted molar refractivity (Wildman–Crippen MR) is 93.0 cm³/mol. The van der Waals surface area contributed by atoms with Gasteiger partial charge < -0.3 is 0 Å². The van der Waals surface area contributed by atoms with Gasteiger partial charge in [-0.2, -0.15) is 26.3 Å². The molecule has 0 aliphatic heterocycles. The van der Waals surface area contributed by atoms with E-state index in [9.17, 15) is 26.3 Å². The fourth-order valence-corrected chi connectivity index (χ4v) is 2.91. The third kappa shape index (κ3) is 2.38. The maximum atomic E-state index is 9.75. The van der Waals surface area contributed by atoms with Gasteiger partial charge in [-0.25, -0.2) is 0 Å². The molecule has 0 unspecified atom stereocenters. The molecular formula is C21H7N5. The number of fused-ring (bicyclic) bond motifs is 1. The minimum absolute atomic E-state index is 0.206. The molecule has 0 spiro atoms. The molecule has 2 aromatic carbocycles. The highest BCUT2D eigenvalue weighted by atomic mass is 14.4. The van der Waals surface area contributed by atoms with Crippen molar-refractivity contribution in [2.75, 3.05) is 0 Å². The molecule has 116 valence electrons. The Morgan fingerprint density at radius 3 is 1.65 bits per heavy atom. The molecule has 0 N–H and O–H groups in total. The van der Waals surface area contributed by atoms with Gasteiger partial charge in [-0.05, 0) is 10.8 Å². The highest BCUT2D eigenvalue weighted by molar-refractivity contribution is 6.06. The molecule has 0 aromatic heterocycles. The number of benzene rings is 2. The molecule has 3 rings (SSSR count). The molecule has 1 aliphatic carbocycles. The van der Waals surface area contributed by atoms with Crippen molar-refractivity contribution in [1.29, 1.82) is 26.3 Å². The summed E-state index contributed by atoms with van der Waals surface area (Å²) < 4.78 is 0. The third-order valence-corrected chi connectivity index (χ3v) is 4.06. The number of allylic oxidation sites excluding steroid dienone is 6. The molecule has 0 heterocycles.